The van der Waals surface area contributed by atoms with Crippen LogP contribution in [0.5, 0.6) is 0 Å². The van der Waals surface area contributed by atoms with Gasteiger partial charge in [-0.2, -0.15) is 5.10 Å². The van der Waals surface area contributed by atoms with E-state index in [0.717, 1.165) is 35.5 Å². The molecule has 3 aromatic rings. The molecule has 0 saturated carbocycles. The smallest absolute Gasteiger partial charge is 0.410 e. The maximum atomic E-state index is 12.4. The first-order valence-electron chi connectivity index (χ1n) is 11.0. The fourth-order valence-electron chi connectivity index (χ4n) is 4.25. The molecule has 0 spiro atoms. The summed E-state index contributed by atoms with van der Waals surface area (Å²) in [4.78, 5) is 14.3. The van der Waals surface area contributed by atoms with Crippen molar-refractivity contribution in [2.24, 2.45) is 0 Å². The van der Waals surface area contributed by atoms with Gasteiger partial charge in [0.05, 0.1) is 17.1 Å². The van der Waals surface area contributed by atoms with E-state index in [9.17, 15) is 4.79 Å². The molecule has 0 aliphatic carbocycles. The minimum Gasteiger partial charge on any atom is -0.444 e. The van der Waals surface area contributed by atoms with E-state index in [1.165, 1.54) is 5.56 Å². The summed E-state index contributed by atoms with van der Waals surface area (Å²) in [6, 6.07) is 20.7. The summed E-state index contributed by atoms with van der Waals surface area (Å²) in [6.07, 6.45) is 1.56. The van der Waals surface area contributed by atoms with Crippen molar-refractivity contribution >= 4 is 6.09 Å². The van der Waals surface area contributed by atoms with E-state index in [4.69, 9.17) is 9.84 Å². The zero-order valence-electron chi connectivity index (χ0n) is 18.8. The molecule has 1 fully saturated rings. The van der Waals surface area contributed by atoms with Crippen molar-refractivity contribution in [3.63, 3.8) is 0 Å². The number of rotatable bonds is 3. The summed E-state index contributed by atoms with van der Waals surface area (Å²) in [5.41, 5.74) is 5.23. The molecular formula is C26H31N3O2. The van der Waals surface area contributed by atoms with Gasteiger partial charge in [0, 0.05) is 24.6 Å². The number of piperidine rings is 1. The van der Waals surface area contributed by atoms with Crippen molar-refractivity contribution in [2.45, 2.75) is 52.1 Å². The molecule has 1 aliphatic rings. The highest BCUT2D eigenvalue weighted by atomic mass is 16.6. The van der Waals surface area contributed by atoms with E-state index < -0.39 is 5.60 Å². The summed E-state index contributed by atoms with van der Waals surface area (Å²) in [5, 5.41) is 5.09. The highest BCUT2D eigenvalue weighted by Crippen LogP contribution is 2.36. The van der Waals surface area contributed by atoms with Gasteiger partial charge >= 0.3 is 6.09 Å². The highest BCUT2D eigenvalue weighted by molar-refractivity contribution is 5.69. The molecular weight excluding hydrogens is 386 g/mol. The van der Waals surface area contributed by atoms with Crippen LogP contribution in [0.1, 0.15) is 50.8 Å². The number of amides is 1. The topological polar surface area (TPSA) is 47.4 Å². The normalized spacial score (nSPS) is 15.2. The molecule has 0 N–H and O–H groups in total. The standard InChI is InChI=1S/C26H31N3O2/c1-19-23(20-15-17-28(18-16-20)25(30)31-26(2,3)4)27-29(22-13-9-6-10-14-22)24(19)21-11-7-5-8-12-21/h5-14,20H,15-18H2,1-4H3. The maximum Gasteiger partial charge on any atom is 0.410 e. The fraction of sp³-hybridized carbons (Fsp3) is 0.385. The number of benzene rings is 2. The van der Waals surface area contributed by atoms with Crippen LogP contribution in [0.2, 0.25) is 0 Å². The molecule has 0 radical (unpaired) electrons. The minimum atomic E-state index is -0.469. The molecule has 1 amide bonds. The summed E-state index contributed by atoms with van der Waals surface area (Å²) in [6.45, 7) is 9.27. The Kier molecular flexibility index (Phi) is 5.86. The molecule has 0 unspecified atom stereocenters. The Morgan fingerprint density at radius 1 is 0.968 bits per heavy atom. The van der Waals surface area contributed by atoms with Crippen LogP contribution < -0.4 is 0 Å². The fourth-order valence-corrected chi connectivity index (χ4v) is 4.25. The first kappa shape index (κ1) is 21.2. The van der Waals surface area contributed by atoms with Gasteiger partial charge in [0.1, 0.15) is 5.60 Å². The maximum absolute atomic E-state index is 12.4. The average Bonchev–Trinajstić information content (AvgIpc) is 3.11. The van der Waals surface area contributed by atoms with Crippen molar-refractivity contribution in [2.75, 3.05) is 13.1 Å². The summed E-state index contributed by atoms with van der Waals surface area (Å²) in [5.74, 6) is 0.325. The second-order valence-corrected chi connectivity index (χ2v) is 9.21. The van der Waals surface area contributed by atoms with Gasteiger partial charge in [0.2, 0.25) is 0 Å². The van der Waals surface area contributed by atoms with Gasteiger partial charge in [0.15, 0.2) is 0 Å². The van der Waals surface area contributed by atoms with Crippen molar-refractivity contribution in [1.29, 1.82) is 0 Å². The molecule has 5 nitrogen and oxygen atoms in total. The molecule has 162 valence electrons. The third kappa shape index (κ3) is 4.66. The second-order valence-electron chi connectivity index (χ2n) is 9.21. The van der Waals surface area contributed by atoms with Crippen LogP contribution in [0.15, 0.2) is 60.7 Å². The Balaban J connectivity index is 1.62. The lowest BCUT2D eigenvalue weighted by molar-refractivity contribution is 0.0204. The Hall–Kier alpha value is -3.08. The minimum absolute atomic E-state index is 0.220. The number of nitrogens with zero attached hydrogens (tertiary/aromatic N) is 3. The first-order valence-corrected chi connectivity index (χ1v) is 11.0. The molecule has 1 saturated heterocycles. The van der Waals surface area contributed by atoms with Crippen molar-refractivity contribution in [3.05, 3.63) is 71.9 Å². The van der Waals surface area contributed by atoms with Crippen molar-refractivity contribution < 1.29 is 9.53 Å². The molecule has 1 aromatic heterocycles. The van der Waals surface area contributed by atoms with E-state index >= 15 is 0 Å². The molecule has 2 aromatic carbocycles. The zero-order chi connectivity index (χ0) is 22.0. The lowest BCUT2D eigenvalue weighted by Gasteiger charge is -2.33. The Morgan fingerprint density at radius 2 is 1.55 bits per heavy atom. The van der Waals surface area contributed by atoms with Gasteiger partial charge in [-0.25, -0.2) is 9.48 Å². The van der Waals surface area contributed by atoms with Gasteiger partial charge in [-0.05, 0) is 58.2 Å². The quantitative estimate of drug-likeness (QED) is 0.528. The average molecular weight is 418 g/mol. The number of ether oxygens (including phenoxy) is 1. The van der Waals surface area contributed by atoms with Crippen LogP contribution in [-0.4, -0.2) is 39.5 Å². The van der Waals surface area contributed by atoms with Crippen molar-refractivity contribution in [3.8, 4) is 16.9 Å². The predicted octanol–water partition coefficient (Wildman–Crippen LogP) is 5.96. The molecule has 0 bridgehead atoms. The number of hydrogen-bond donors (Lipinski definition) is 0. The van der Waals surface area contributed by atoms with Crippen LogP contribution in [-0.2, 0) is 4.74 Å². The SMILES string of the molecule is Cc1c(C2CCN(C(=O)OC(C)(C)C)CC2)nn(-c2ccccc2)c1-c1ccccc1. The van der Waals surface area contributed by atoms with Gasteiger partial charge in [-0.3, -0.25) is 0 Å². The van der Waals surface area contributed by atoms with E-state index in [1.807, 2.05) is 49.9 Å². The van der Waals surface area contributed by atoms with Gasteiger partial charge in [-0.15, -0.1) is 0 Å². The number of aromatic nitrogens is 2. The molecule has 31 heavy (non-hydrogen) atoms. The van der Waals surface area contributed by atoms with E-state index in [-0.39, 0.29) is 6.09 Å². The van der Waals surface area contributed by atoms with Crippen LogP contribution >= 0.6 is 0 Å². The van der Waals surface area contributed by atoms with Crippen molar-refractivity contribution in [1.82, 2.24) is 14.7 Å². The number of carbonyl (C=O) groups is 1. The Morgan fingerprint density at radius 3 is 2.13 bits per heavy atom. The third-order valence-corrected chi connectivity index (χ3v) is 5.74. The monoisotopic (exact) mass is 417 g/mol. The van der Waals surface area contributed by atoms with E-state index in [0.29, 0.717) is 19.0 Å². The predicted molar refractivity (Wildman–Crippen MR) is 124 cm³/mol. The van der Waals surface area contributed by atoms with Crippen LogP contribution in [0.4, 0.5) is 4.79 Å². The van der Waals surface area contributed by atoms with Crippen LogP contribution in [0.3, 0.4) is 0 Å². The van der Waals surface area contributed by atoms with E-state index in [2.05, 4.69) is 48.0 Å². The van der Waals surface area contributed by atoms with Crippen LogP contribution in [0.25, 0.3) is 16.9 Å². The third-order valence-electron chi connectivity index (χ3n) is 5.74. The first-order chi connectivity index (χ1) is 14.8. The van der Waals surface area contributed by atoms with Gasteiger partial charge < -0.3 is 9.64 Å². The summed E-state index contributed by atoms with van der Waals surface area (Å²) < 4.78 is 7.62. The molecule has 5 heteroatoms. The number of para-hydroxylation sites is 1. The van der Waals surface area contributed by atoms with Gasteiger partial charge in [-0.1, -0.05) is 48.5 Å². The number of carbonyl (C=O) groups excluding carboxylic acids is 1. The number of hydrogen-bond acceptors (Lipinski definition) is 3. The van der Waals surface area contributed by atoms with Crippen LogP contribution in [0, 0.1) is 6.92 Å². The second kappa shape index (κ2) is 8.58. The summed E-state index contributed by atoms with van der Waals surface area (Å²) >= 11 is 0. The molecule has 0 atom stereocenters. The van der Waals surface area contributed by atoms with E-state index in [1.54, 1.807) is 0 Å². The lowest BCUT2D eigenvalue weighted by Crippen LogP contribution is -2.41. The Labute approximate surface area is 184 Å². The summed E-state index contributed by atoms with van der Waals surface area (Å²) in [7, 11) is 0. The van der Waals surface area contributed by atoms with Gasteiger partial charge in [0.25, 0.3) is 0 Å². The largest absolute Gasteiger partial charge is 0.444 e. The lowest BCUT2D eigenvalue weighted by atomic mass is 9.90. The molecule has 1 aliphatic heterocycles. The molecule has 4 rings (SSSR count). The zero-order valence-corrected chi connectivity index (χ0v) is 18.8. The Bertz CT molecular complexity index is 1030. The number of likely N-dealkylation sites (tertiary alicyclic amines) is 1. The highest BCUT2D eigenvalue weighted by Gasteiger charge is 2.30. The molecule has 2 heterocycles.